The summed E-state index contributed by atoms with van der Waals surface area (Å²) in [7, 11) is 2.25. The first-order chi connectivity index (χ1) is 8.41. The molecule has 3 heteroatoms. The van der Waals surface area contributed by atoms with Gasteiger partial charge in [-0.3, -0.25) is 9.80 Å². The molecule has 0 spiro atoms. The SMILES string of the molecule is CC(C)CNCCC(C)N1CC(C)N(C)C(C)C1. The van der Waals surface area contributed by atoms with Crippen LogP contribution in [0.5, 0.6) is 0 Å². The van der Waals surface area contributed by atoms with Crippen molar-refractivity contribution in [2.45, 2.75) is 59.2 Å². The van der Waals surface area contributed by atoms with Crippen LogP contribution >= 0.6 is 0 Å². The van der Waals surface area contributed by atoms with Gasteiger partial charge in [-0.05, 0) is 53.2 Å². The van der Waals surface area contributed by atoms with Crippen molar-refractivity contribution >= 4 is 0 Å². The van der Waals surface area contributed by atoms with E-state index in [4.69, 9.17) is 0 Å². The van der Waals surface area contributed by atoms with Gasteiger partial charge in [0.2, 0.25) is 0 Å². The summed E-state index contributed by atoms with van der Waals surface area (Å²) >= 11 is 0. The van der Waals surface area contributed by atoms with Crippen molar-refractivity contribution in [3.8, 4) is 0 Å². The Morgan fingerprint density at radius 1 is 1.11 bits per heavy atom. The van der Waals surface area contributed by atoms with Crippen LogP contribution in [0.4, 0.5) is 0 Å². The number of hydrogen-bond acceptors (Lipinski definition) is 3. The molecule has 0 amide bonds. The summed E-state index contributed by atoms with van der Waals surface area (Å²) in [5.41, 5.74) is 0. The van der Waals surface area contributed by atoms with Crippen molar-refractivity contribution in [1.82, 2.24) is 15.1 Å². The lowest BCUT2D eigenvalue weighted by Crippen LogP contribution is -2.57. The summed E-state index contributed by atoms with van der Waals surface area (Å²) in [6.45, 7) is 16.3. The third-order valence-electron chi connectivity index (χ3n) is 4.30. The summed E-state index contributed by atoms with van der Waals surface area (Å²) in [6, 6.07) is 2.06. The van der Waals surface area contributed by atoms with Crippen molar-refractivity contribution in [3.05, 3.63) is 0 Å². The fraction of sp³-hybridized carbons (Fsp3) is 1.00. The molecule has 1 aliphatic heterocycles. The predicted octanol–water partition coefficient (Wildman–Crippen LogP) is 2.03. The first-order valence-corrected chi connectivity index (χ1v) is 7.58. The Hall–Kier alpha value is -0.120. The van der Waals surface area contributed by atoms with Gasteiger partial charge in [0, 0.05) is 31.2 Å². The van der Waals surface area contributed by atoms with Crippen molar-refractivity contribution < 1.29 is 0 Å². The van der Waals surface area contributed by atoms with E-state index in [9.17, 15) is 0 Å². The van der Waals surface area contributed by atoms with Crippen LogP contribution in [0.1, 0.15) is 41.0 Å². The first-order valence-electron chi connectivity index (χ1n) is 7.58. The number of piperazine rings is 1. The number of likely N-dealkylation sites (N-methyl/N-ethyl adjacent to an activating group) is 1. The Morgan fingerprint density at radius 2 is 1.67 bits per heavy atom. The summed E-state index contributed by atoms with van der Waals surface area (Å²) in [6.07, 6.45) is 1.26. The lowest BCUT2D eigenvalue weighted by Gasteiger charge is -2.45. The molecule has 108 valence electrons. The molecule has 3 nitrogen and oxygen atoms in total. The molecular formula is C15H33N3. The number of nitrogens with one attached hydrogen (secondary N) is 1. The third kappa shape index (κ3) is 4.87. The van der Waals surface area contributed by atoms with E-state index in [2.05, 4.69) is 56.8 Å². The Balaban J connectivity index is 2.27. The summed E-state index contributed by atoms with van der Waals surface area (Å²) in [5.74, 6) is 0.754. The summed E-state index contributed by atoms with van der Waals surface area (Å²) in [4.78, 5) is 5.16. The van der Waals surface area contributed by atoms with Crippen LogP contribution in [0, 0.1) is 5.92 Å². The van der Waals surface area contributed by atoms with Gasteiger partial charge in [-0.15, -0.1) is 0 Å². The number of hydrogen-bond donors (Lipinski definition) is 1. The molecule has 0 saturated carbocycles. The molecule has 0 aromatic rings. The normalized spacial score (nSPS) is 28.8. The van der Waals surface area contributed by atoms with Gasteiger partial charge in [0.25, 0.3) is 0 Å². The zero-order valence-electron chi connectivity index (χ0n) is 13.2. The molecule has 1 rings (SSSR count). The van der Waals surface area contributed by atoms with Gasteiger partial charge in [0.15, 0.2) is 0 Å². The second-order valence-electron chi connectivity index (χ2n) is 6.55. The lowest BCUT2D eigenvalue weighted by molar-refractivity contribution is 0.0360. The standard InChI is InChI=1S/C15H33N3/c1-12(2)9-16-8-7-13(3)18-10-14(4)17(6)15(5)11-18/h12-16H,7-11H2,1-6H3. The fourth-order valence-electron chi connectivity index (χ4n) is 2.69. The van der Waals surface area contributed by atoms with E-state index in [0.29, 0.717) is 18.1 Å². The van der Waals surface area contributed by atoms with E-state index in [1.807, 2.05) is 0 Å². The van der Waals surface area contributed by atoms with Crippen LogP contribution in [0.3, 0.4) is 0 Å². The summed E-state index contributed by atoms with van der Waals surface area (Å²) in [5, 5.41) is 3.55. The van der Waals surface area contributed by atoms with Crippen LogP contribution in [0.2, 0.25) is 0 Å². The number of nitrogens with zero attached hydrogens (tertiary/aromatic N) is 2. The molecule has 1 N–H and O–H groups in total. The minimum atomic E-state index is 0.680. The van der Waals surface area contributed by atoms with Gasteiger partial charge in [0.05, 0.1) is 0 Å². The lowest BCUT2D eigenvalue weighted by atomic mass is 10.1. The zero-order chi connectivity index (χ0) is 13.7. The van der Waals surface area contributed by atoms with Crippen molar-refractivity contribution in [2.24, 2.45) is 5.92 Å². The van der Waals surface area contributed by atoms with Crippen molar-refractivity contribution in [1.29, 1.82) is 0 Å². The fourth-order valence-corrected chi connectivity index (χ4v) is 2.69. The first kappa shape index (κ1) is 15.9. The molecule has 3 atom stereocenters. The maximum absolute atomic E-state index is 3.55. The Morgan fingerprint density at radius 3 is 2.17 bits per heavy atom. The van der Waals surface area contributed by atoms with E-state index >= 15 is 0 Å². The molecule has 1 heterocycles. The summed E-state index contributed by atoms with van der Waals surface area (Å²) < 4.78 is 0. The highest BCUT2D eigenvalue weighted by Crippen LogP contribution is 2.16. The van der Waals surface area contributed by atoms with Gasteiger partial charge >= 0.3 is 0 Å². The molecule has 0 radical (unpaired) electrons. The molecule has 0 aliphatic carbocycles. The topological polar surface area (TPSA) is 18.5 Å². The van der Waals surface area contributed by atoms with Crippen LogP contribution in [0.25, 0.3) is 0 Å². The minimum Gasteiger partial charge on any atom is -0.316 e. The van der Waals surface area contributed by atoms with E-state index < -0.39 is 0 Å². The molecule has 18 heavy (non-hydrogen) atoms. The Labute approximate surface area is 114 Å². The Bertz CT molecular complexity index is 218. The van der Waals surface area contributed by atoms with E-state index in [0.717, 1.165) is 19.0 Å². The maximum Gasteiger partial charge on any atom is 0.0195 e. The van der Waals surface area contributed by atoms with E-state index in [-0.39, 0.29) is 0 Å². The second kappa shape index (κ2) is 7.46. The molecule has 1 saturated heterocycles. The molecule has 3 unspecified atom stereocenters. The highest BCUT2D eigenvalue weighted by Gasteiger charge is 2.28. The molecular weight excluding hydrogens is 222 g/mol. The van der Waals surface area contributed by atoms with Crippen molar-refractivity contribution in [2.75, 3.05) is 33.2 Å². The predicted molar refractivity (Wildman–Crippen MR) is 80.0 cm³/mol. The van der Waals surface area contributed by atoms with Crippen molar-refractivity contribution in [3.63, 3.8) is 0 Å². The minimum absolute atomic E-state index is 0.680. The molecule has 0 aromatic carbocycles. The van der Waals surface area contributed by atoms with Gasteiger partial charge < -0.3 is 5.32 Å². The maximum atomic E-state index is 3.55. The van der Waals surface area contributed by atoms with Crippen LogP contribution < -0.4 is 5.32 Å². The second-order valence-corrected chi connectivity index (χ2v) is 6.55. The zero-order valence-corrected chi connectivity index (χ0v) is 13.2. The van der Waals surface area contributed by atoms with Gasteiger partial charge in [-0.1, -0.05) is 13.8 Å². The average molecular weight is 255 g/mol. The monoisotopic (exact) mass is 255 g/mol. The quantitative estimate of drug-likeness (QED) is 0.733. The highest BCUT2D eigenvalue weighted by molar-refractivity contribution is 4.85. The highest BCUT2D eigenvalue weighted by atomic mass is 15.3. The van der Waals surface area contributed by atoms with Crippen LogP contribution in [-0.4, -0.2) is 61.2 Å². The van der Waals surface area contributed by atoms with Crippen LogP contribution in [-0.2, 0) is 0 Å². The molecule has 1 aliphatic rings. The van der Waals surface area contributed by atoms with E-state index in [1.54, 1.807) is 0 Å². The van der Waals surface area contributed by atoms with Crippen LogP contribution in [0.15, 0.2) is 0 Å². The van der Waals surface area contributed by atoms with Gasteiger partial charge in [-0.25, -0.2) is 0 Å². The average Bonchev–Trinajstić information content (AvgIpc) is 2.30. The third-order valence-corrected chi connectivity index (χ3v) is 4.30. The Kier molecular flexibility index (Phi) is 6.61. The smallest absolute Gasteiger partial charge is 0.0195 e. The molecule has 0 aromatic heterocycles. The van der Waals surface area contributed by atoms with Gasteiger partial charge in [-0.2, -0.15) is 0 Å². The van der Waals surface area contributed by atoms with E-state index in [1.165, 1.54) is 19.5 Å². The number of rotatable bonds is 6. The largest absolute Gasteiger partial charge is 0.316 e. The van der Waals surface area contributed by atoms with Gasteiger partial charge in [0.1, 0.15) is 0 Å². The molecule has 1 fully saturated rings. The molecule has 0 bridgehead atoms.